The second-order valence-electron chi connectivity index (χ2n) is 4.86. The molecule has 0 spiro atoms. The van der Waals surface area contributed by atoms with Gasteiger partial charge in [0, 0.05) is 7.05 Å². The Labute approximate surface area is 115 Å². The number of rotatable bonds is 3. The molecule has 1 unspecified atom stereocenters. The SMILES string of the molecule is CN(C(=O)OC(C)(C)C)C(C=O)c1csc(Cl)c1. The summed E-state index contributed by atoms with van der Waals surface area (Å²) in [5, 5.41) is 1.75. The van der Waals surface area contributed by atoms with Gasteiger partial charge in [-0.05, 0) is 37.8 Å². The minimum atomic E-state index is -0.677. The molecule has 1 aromatic heterocycles. The highest BCUT2D eigenvalue weighted by Crippen LogP contribution is 2.27. The number of ether oxygens (including phenoxy) is 1. The van der Waals surface area contributed by atoms with Crippen molar-refractivity contribution in [3.63, 3.8) is 0 Å². The third kappa shape index (κ3) is 3.99. The summed E-state index contributed by atoms with van der Waals surface area (Å²) in [6, 6.07) is 0.996. The summed E-state index contributed by atoms with van der Waals surface area (Å²) in [5.74, 6) is 0. The van der Waals surface area contributed by atoms with Gasteiger partial charge in [-0.3, -0.25) is 4.90 Å². The minimum absolute atomic E-state index is 0.540. The molecule has 1 atom stereocenters. The van der Waals surface area contributed by atoms with Gasteiger partial charge in [0.25, 0.3) is 0 Å². The van der Waals surface area contributed by atoms with Crippen molar-refractivity contribution in [2.75, 3.05) is 7.05 Å². The summed E-state index contributed by atoms with van der Waals surface area (Å²) in [5.41, 5.74) is 0.0961. The smallest absolute Gasteiger partial charge is 0.410 e. The molecule has 0 aliphatic heterocycles. The van der Waals surface area contributed by atoms with Gasteiger partial charge < -0.3 is 9.53 Å². The Kier molecular flexibility index (Phi) is 4.76. The fraction of sp³-hybridized carbons (Fsp3) is 0.500. The lowest BCUT2D eigenvalue weighted by Gasteiger charge is -2.27. The molecule has 1 rings (SSSR count). The number of hydrogen-bond donors (Lipinski definition) is 0. The van der Waals surface area contributed by atoms with E-state index < -0.39 is 17.7 Å². The van der Waals surface area contributed by atoms with Gasteiger partial charge >= 0.3 is 6.09 Å². The average Bonchev–Trinajstić information content (AvgIpc) is 2.63. The molecular formula is C12H16ClNO3S. The monoisotopic (exact) mass is 289 g/mol. The van der Waals surface area contributed by atoms with Crippen LogP contribution in [0.25, 0.3) is 0 Å². The van der Waals surface area contributed by atoms with Crippen molar-refractivity contribution in [2.24, 2.45) is 0 Å². The summed E-state index contributed by atoms with van der Waals surface area (Å²) in [7, 11) is 1.53. The first-order valence-electron chi connectivity index (χ1n) is 5.39. The fourth-order valence-corrected chi connectivity index (χ4v) is 2.24. The Bertz CT molecular complexity index is 439. The maximum atomic E-state index is 11.9. The van der Waals surface area contributed by atoms with E-state index in [1.807, 2.05) is 0 Å². The lowest BCUT2D eigenvalue weighted by Crippen LogP contribution is -2.37. The molecule has 0 aliphatic carbocycles. The van der Waals surface area contributed by atoms with Crippen LogP contribution in [-0.2, 0) is 9.53 Å². The molecule has 1 heterocycles. The van der Waals surface area contributed by atoms with Crippen molar-refractivity contribution in [3.05, 3.63) is 21.3 Å². The normalized spacial score (nSPS) is 12.9. The first-order chi connectivity index (χ1) is 8.24. The summed E-state index contributed by atoms with van der Waals surface area (Å²) in [6.07, 6.45) is 0.157. The third-order valence-corrected chi connectivity index (χ3v) is 3.27. The molecule has 1 aromatic rings. The minimum Gasteiger partial charge on any atom is -0.444 e. The second kappa shape index (κ2) is 5.71. The number of halogens is 1. The zero-order valence-electron chi connectivity index (χ0n) is 10.8. The predicted octanol–water partition coefficient (Wildman–Crippen LogP) is 3.51. The largest absolute Gasteiger partial charge is 0.444 e. The van der Waals surface area contributed by atoms with Crippen LogP contribution in [0.4, 0.5) is 4.79 Å². The molecule has 0 saturated heterocycles. The third-order valence-electron chi connectivity index (χ3n) is 2.16. The highest BCUT2D eigenvalue weighted by molar-refractivity contribution is 7.14. The zero-order valence-corrected chi connectivity index (χ0v) is 12.3. The summed E-state index contributed by atoms with van der Waals surface area (Å²) < 4.78 is 5.79. The molecule has 0 bridgehead atoms. The maximum Gasteiger partial charge on any atom is 0.410 e. The van der Waals surface area contributed by atoms with Gasteiger partial charge in [0.1, 0.15) is 17.9 Å². The van der Waals surface area contributed by atoms with E-state index in [1.165, 1.54) is 23.3 Å². The van der Waals surface area contributed by atoms with Gasteiger partial charge in [-0.25, -0.2) is 4.79 Å². The van der Waals surface area contributed by atoms with Crippen LogP contribution in [0.15, 0.2) is 11.4 Å². The van der Waals surface area contributed by atoms with Crippen LogP contribution >= 0.6 is 22.9 Å². The number of likely N-dealkylation sites (N-methyl/N-ethyl adjacent to an activating group) is 1. The fourth-order valence-electron chi connectivity index (χ4n) is 1.32. The highest BCUT2D eigenvalue weighted by atomic mass is 35.5. The van der Waals surface area contributed by atoms with Crippen LogP contribution in [0.5, 0.6) is 0 Å². The number of hydrogen-bond acceptors (Lipinski definition) is 4. The van der Waals surface area contributed by atoms with Crippen molar-refractivity contribution >= 4 is 35.3 Å². The first kappa shape index (κ1) is 15.0. The number of nitrogens with zero attached hydrogens (tertiary/aromatic N) is 1. The lowest BCUT2D eigenvalue weighted by molar-refractivity contribution is -0.112. The molecule has 18 heavy (non-hydrogen) atoms. The van der Waals surface area contributed by atoms with Crippen LogP contribution in [0.3, 0.4) is 0 Å². The van der Waals surface area contributed by atoms with E-state index in [4.69, 9.17) is 16.3 Å². The Hall–Kier alpha value is -1.07. The molecular weight excluding hydrogens is 274 g/mol. The first-order valence-corrected chi connectivity index (χ1v) is 6.65. The van der Waals surface area contributed by atoms with Gasteiger partial charge in [0.2, 0.25) is 0 Å². The van der Waals surface area contributed by atoms with Crippen LogP contribution in [0.1, 0.15) is 32.4 Å². The van der Waals surface area contributed by atoms with Crippen LogP contribution < -0.4 is 0 Å². The molecule has 0 aromatic carbocycles. The molecule has 0 N–H and O–H groups in total. The van der Waals surface area contributed by atoms with Gasteiger partial charge in [-0.15, -0.1) is 11.3 Å². The highest BCUT2D eigenvalue weighted by Gasteiger charge is 2.26. The van der Waals surface area contributed by atoms with E-state index in [1.54, 1.807) is 32.2 Å². The number of carbonyl (C=O) groups excluding carboxylic acids is 2. The summed E-state index contributed by atoms with van der Waals surface area (Å²) in [6.45, 7) is 5.32. The Morgan fingerprint density at radius 1 is 1.56 bits per heavy atom. The summed E-state index contributed by atoms with van der Waals surface area (Å²) >= 11 is 7.14. The molecule has 0 fully saturated rings. The molecule has 1 amide bonds. The molecule has 0 aliphatic rings. The maximum absolute atomic E-state index is 11.9. The van der Waals surface area contributed by atoms with Crippen molar-refractivity contribution < 1.29 is 14.3 Å². The van der Waals surface area contributed by atoms with Crippen molar-refractivity contribution in [2.45, 2.75) is 32.4 Å². The molecule has 100 valence electrons. The van der Waals surface area contributed by atoms with Crippen LogP contribution in [0.2, 0.25) is 4.34 Å². The standard InChI is InChI=1S/C12H16ClNO3S/c1-12(2,3)17-11(16)14(4)9(6-15)8-5-10(13)18-7-8/h5-7,9H,1-4H3. The predicted molar refractivity (Wildman–Crippen MR) is 72.1 cm³/mol. The van der Waals surface area contributed by atoms with E-state index in [0.29, 0.717) is 16.2 Å². The lowest BCUT2D eigenvalue weighted by atomic mass is 10.1. The Balaban J connectivity index is 2.83. The number of thiophene rings is 1. The number of aldehydes is 1. The molecule has 4 nitrogen and oxygen atoms in total. The number of carbonyl (C=O) groups is 2. The molecule has 6 heteroatoms. The van der Waals surface area contributed by atoms with E-state index in [0.717, 1.165) is 0 Å². The van der Waals surface area contributed by atoms with Crippen molar-refractivity contribution in [3.8, 4) is 0 Å². The average molecular weight is 290 g/mol. The second-order valence-corrected chi connectivity index (χ2v) is 6.40. The van der Waals surface area contributed by atoms with Gasteiger partial charge in [-0.1, -0.05) is 11.6 Å². The van der Waals surface area contributed by atoms with Crippen molar-refractivity contribution in [1.29, 1.82) is 0 Å². The van der Waals surface area contributed by atoms with E-state index >= 15 is 0 Å². The van der Waals surface area contributed by atoms with Crippen molar-refractivity contribution in [1.82, 2.24) is 4.90 Å². The molecule has 0 saturated carbocycles. The summed E-state index contributed by atoms with van der Waals surface area (Å²) in [4.78, 5) is 24.3. The van der Waals surface area contributed by atoms with E-state index in [-0.39, 0.29) is 0 Å². The number of amides is 1. The van der Waals surface area contributed by atoms with E-state index in [9.17, 15) is 9.59 Å². The zero-order chi connectivity index (χ0) is 13.9. The van der Waals surface area contributed by atoms with Crippen LogP contribution in [0, 0.1) is 0 Å². The topological polar surface area (TPSA) is 46.6 Å². The Morgan fingerprint density at radius 3 is 2.56 bits per heavy atom. The van der Waals surface area contributed by atoms with Crippen LogP contribution in [-0.4, -0.2) is 29.9 Å². The van der Waals surface area contributed by atoms with Gasteiger partial charge in [0.15, 0.2) is 0 Å². The van der Waals surface area contributed by atoms with E-state index in [2.05, 4.69) is 0 Å². The Morgan fingerprint density at radius 2 is 2.17 bits per heavy atom. The molecule has 0 radical (unpaired) electrons. The quantitative estimate of drug-likeness (QED) is 0.800. The van der Waals surface area contributed by atoms with Gasteiger partial charge in [-0.2, -0.15) is 0 Å². The van der Waals surface area contributed by atoms with Gasteiger partial charge in [0.05, 0.1) is 4.34 Å².